The predicted molar refractivity (Wildman–Crippen MR) is 130 cm³/mol. The number of aromatic nitrogens is 1. The van der Waals surface area contributed by atoms with Crippen LogP contribution < -0.4 is 4.90 Å². The molecule has 2 rings (SSSR count). The molecule has 1 aromatic rings. The Balaban J connectivity index is 1.69. The number of carbonyl (C=O) groups is 1. The van der Waals surface area contributed by atoms with Crippen LogP contribution in [-0.2, 0) is 4.79 Å². The second kappa shape index (κ2) is 13.8. The normalized spacial score (nSPS) is 21.7. The van der Waals surface area contributed by atoms with E-state index < -0.39 is 9.71 Å². The molecule has 3 nitrogen and oxygen atoms in total. The maximum atomic E-state index is 13.1. The van der Waals surface area contributed by atoms with Crippen LogP contribution in [-0.4, -0.2) is 27.1 Å². The summed E-state index contributed by atoms with van der Waals surface area (Å²) in [6.07, 6.45) is 17.6. The Bertz CT molecular complexity index is 614. The van der Waals surface area contributed by atoms with Gasteiger partial charge in [0.2, 0.25) is 5.91 Å². The van der Waals surface area contributed by atoms with Gasteiger partial charge in [-0.25, -0.2) is 4.98 Å². The van der Waals surface area contributed by atoms with Gasteiger partial charge in [0, 0.05) is 18.7 Å². The minimum absolute atomic E-state index is 0.123. The molecule has 0 radical (unpaired) electrons. The fourth-order valence-electron chi connectivity index (χ4n) is 4.31. The van der Waals surface area contributed by atoms with Crippen LogP contribution in [0.4, 0.5) is 5.82 Å². The molecule has 1 aliphatic rings. The van der Waals surface area contributed by atoms with Crippen LogP contribution in [0.1, 0.15) is 90.4 Å². The Kier molecular flexibility index (Phi) is 11.8. The van der Waals surface area contributed by atoms with Crippen molar-refractivity contribution in [2.45, 2.75) is 100 Å². The van der Waals surface area contributed by atoms with Gasteiger partial charge in [-0.15, -0.1) is 34.8 Å². The van der Waals surface area contributed by atoms with Crippen molar-refractivity contribution in [2.24, 2.45) is 5.92 Å². The highest BCUT2D eigenvalue weighted by atomic mass is 35.5. The van der Waals surface area contributed by atoms with Crippen molar-refractivity contribution >= 4 is 46.5 Å². The number of nitrogens with zero attached hydrogens (tertiary/aromatic N) is 2. The summed E-state index contributed by atoms with van der Waals surface area (Å²) in [6.45, 7) is 2.67. The zero-order valence-corrected chi connectivity index (χ0v) is 20.6. The van der Waals surface area contributed by atoms with Gasteiger partial charge >= 0.3 is 0 Å². The molecular formula is C24H37Cl3N2O. The van der Waals surface area contributed by atoms with Crippen LogP contribution in [0.5, 0.6) is 0 Å². The lowest BCUT2D eigenvalue weighted by Crippen LogP contribution is -2.40. The molecule has 30 heavy (non-hydrogen) atoms. The fourth-order valence-corrected chi connectivity index (χ4v) is 5.46. The molecule has 1 saturated heterocycles. The number of pyridine rings is 1. The van der Waals surface area contributed by atoms with Gasteiger partial charge in [-0.2, -0.15) is 0 Å². The SMILES string of the molecule is CCCCCCCCCCCCCC[C@]1(Cl)C(=O)N(c2ccccn2)C[C@H]1C(Cl)Cl. The fraction of sp³-hybridized carbons (Fsp3) is 0.750. The summed E-state index contributed by atoms with van der Waals surface area (Å²) in [5.74, 6) is 0.186. The van der Waals surface area contributed by atoms with Crippen LogP contribution in [0.15, 0.2) is 24.4 Å². The summed E-state index contributed by atoms with van der Waals surface area (Å²) in [5, 5.41) is 0. The Morgan fingerprint density at radius 2 is 1.57 bits per heavy atom. The number of halogens is 3. The van der Waals surface area contributed by atoms with E-state index in [9.17, 15) is 4.79 Å². The third kappa shape index (κ3) is 7.57. The van der Waals surface area contributed by atoms with Crippen LogP contribution in [0.2, 0.25) is 0 Å². The van der Waals surface area contributed by atoms with Gasteiger partial charge < -0.3 is 0 Å². The second-order valence-corrected chi connectivity index (χ2v) is 10.4. The van der Waals surface area contributed by atoms with Crippen molar-refractivity contribution in [1.82, 2.24) is 4.98 Å². The molecule has 0 bridgehead atoms. The monoisotopic (exact) mass is 474 g/mol. The van der Waals surface area contributed by atoms with E-state index in [1.54, 1.807) is 11.1 Å². The summed E-state index contributed by atoms with van der Waals surface area (Å²) in [5.41, 5.74) is 0. The van der Waals surface area contributed by atoms with E-state index in [2.05, 4.69) is 11.9 Å². The van der Waals surface area contributed by atoms with Crippen molar-refractivity contribution < 1.29 is 4.79 Å². The molecule has 2 atom stereocenters. The van der Waals surface area contributed by atoms with Crippen molar-refractivity contribution in [1.29, 1.82) is 0 Å². The standard InChI is InChI=1S/C24H37Cl3N2O/c1-2-3-4-5-6-7-8-9-10-11-12-14-17-24(27)20(22(25)26)19-29(23(24)30)21-16-13-15-18-28-21/h13,15-16,18,20,22H,2-12,14,17,19H2,1H3/t20-,24+/m0/s1. The number of unbranched alkanes of at least 4 members (excludes halogenated alkanes) is 11. The van der Waals surface area contributed by atoms with E-state index in [1.807, 2.05) is 18.2 Å². The molecular weight excluding hydrogens is 439 g/mol. The molecule has 1 aliphatic heterocycles. The number of amides is 1. The summed E-state index contributed by atoms with van der Waals surface area (Å²) >= 11 is 19.3. The smallest absolute Gasteiger partial charge is 0.249 e. The maximum absolute atomic E-state index is 13.1. The van der Waals surface area contributed by atoms with E-state index in [0.717, 1.165) is 12.8 Å². The van der Waals surface area contributed by atoms with Gasteiger partial charge in [0.1, 0.15) is 15.5 Å². The quantitative estimate of drug-likeness (QED) is 0.191. The second-order valence-electron chi connectivity index (χ2n) is 8.55. The van der Waals surface area contributed by atoms with Gasteiger partial charge in [-0.3, -0.25) is 9.69 Å². The largest absolute Gasteiger partial charge is 0.295 e. The van der Waals surface area contributed by atoms with Crippen LogP contribution >= 0.6 is 34.8 Å². The first-order valence-corrected chi connectivity index (χ1v) is 13.0. The number of alkyl halides is 3. The molecule has 0 saturated carbocycles. The third-order valence-corrected chi connectivity index (χ3v) is 7.43. The summed E-state index contributed by atoms with van der Waals surface area (Å²) in [7, 11) is 0. The van der Waals surface area contributed by atoms with E-state index >= 15 is 0 Å². The lowest BCUT2D eigenvalue weighted by molar-refractivity contribution is -0.120. The Morgan fingerprint density at radius 3 is 2.07 bits per heavy atom. The van der Waals surface area contributed by atoms with E-state index in [-0.39, 0.29) is 11.8 Å². The highest BCUT2D eigenvalue weighted by Gasteiger charge is 2.55. The molecule has 0 aliphatic carbocycles. The van der Waals surface area contributed by atoms with Crippen molar-refractivity contribution in [3.8, 4) is 0 Å². The lowest BCUT2D eigenvalue weighted by Gasteiger charge is -2.26. The van der Waals surface area contributed by atoms with E-state index in [0.29, 0.717) is 18.8 Å². The molecule has 0 unspecified atom stereocenters. The Labute approximate surface area is 197 Å². The van der Waals surface area contributed by atoms with Gasteiger partial charge in [-0.05, 0) is 18.6 Å². The number of hydrogen-bond acceptors (Lipinski definition) is 2. The average Bonchev–Trinajstić information content (AvgIpc) is 3.01. The number of carbonyl (C=O) groups excluding carboxylic acids is 1. The third-order valence-electron chi connectivity index (χ3n) is 6.19. The lowest BCUT2D eigenvalue weighted by atomic mass is 9.90. The topological polar surface area (TPSA) is 33.2 Å². The molecule has 1 aromatic heterocycles. The number of rotatable bonds is 15. The summed E-state index contributed by atoms with van der Waals surface area (Å²) in [4.78, 5) is 17.3. The first-order chi connectivity index (χ1) is 14.5. The molecule has 2 heterocycles. The average molecular weight is 476 g/mol. The Morgan fingerprint density at radius 1 is 1.00 bits per heavy atom. The molecule has 170 valence electrons. The molecule has 6 heteroatoms. The van der Waals surface area contributed by atoms with Gasteiger partial charge in [0.15, 0.2) is 0 Å². The molecule has 0 N–H and O–H groups in total. The zero-order chi connectivity index (χ0) is 21.8. The Hall–Kier alpha value is -0.510. The van der Waals surface area contributed by atoms with Gasteiger partial charge in [0.25, 0.3) is 0 Å². The number of hydrogen-bond donors (Lipinski definition) is 0. The first kappa shape index (κ1) is 25.7. The zero-order valence-electron chi connectivity index (χ0n) is 18.3. The van der Waals surface area contributed by atoms with Crippen LogP contribution in [0.3, 0.4) is 0 Å². The maximum Gasteiger partial charge on any atom is 0.249 e. The first-order valence-electron chi connectivity index (χ1n) is 11.7. The highest BCUT2D eigenvalue weighted by molar-refractivity contribution is 6.47. The summed E-state index contributed by atoms with van der Waals surface area (Å²) < 4.78 is 0. The van der Waals surface area contributed by atoms with Crippen molar-refractivity contribution in [2.75, 3.05) is 11.4 Å². The molecule has 0 aromatic carbocycles. The number of anilines is 1. The van der Waals surface area contributed by atoms with Gasteiger partial charge in [-0.1, -0.05) is 90.0 Å². The minimum atomic E-state index is -1.04. The molecule has 1 fully saturated rings. The van der Waals surface area contributed by atoms with E-state index in [1.165, 1.54) is 64.2 Å². The molecule has 0 spiro atoms. The van der Waals surface area contributed by atoms with E-state index in [4.69, 9.17) is 34.8 Å². The predicted octanol–water partition coefficient (Wildman–Crippen LogP) is 7.92. The summed E-state index contributed by atoms with van der Waals surface area (Å²) in [6, 6.07) is 5.51. The van der Waals surface area contributed by atoms with Crippen molar-refractivity contribution in [3.63, 3.8) is 0 Å². The van der Waals surface area contributed by atoms with Gasteiger partial charge in [0.05, 0.1) is 0 Å². The highest BCUT2D eigenvalue weighted by Crippen LogP contribution is 2.45. The van der Waals surface area contributed by atoms with Crippen molar-refractivity contribution in [3.05, 3.63) is 24.4 Å². The van der Waals surface area contributed by atoms with Crippen LogP contribution in [0.25, 0.3) is 0 Å². The van der Waals surface area contributed by atoms with Crippen LogP contribution in [0, 0.1) is 5.92 Å². The minimum Gasteiger partial charge on any atom is -0.295 e. The molecule has 1 amide bonds.